The fourth-order valence-electron chi connectivity index (χ4n) is 1.50. The molecule has 1 fully saturated rings. The summed E-state index contributed by atoms with van der Waals surface area (Å²) < 4.78 is 37.5. The number of nitrogens with one attached hydrogen (secondary N) is 1. The second-order valence-corrected chi connectivity index (χ2v) is 5.15. The zero-order valence-corrected chi connectivity index (χ0v) is 10.0. The molecule has 0 saturated heterocycles. The average molecular weight is 265 g/mol. The second kappa shape index (κ2) is 5.30. The maximum atomic E-state index is 12.0. The Hall–Kier alpha value is -0.690. The van der Waals surface area contributed by atoms with E-state index in [1.165, 1.54) is 12.8 Å². The van der Waals surface area contributed by atoms with Gasteiger partial charge in [0.2, 0.25) is 0 Å². The van der Waals surface area contributed by atoms with Crippen LogP contribution in [-0.4, -0.2) is 27.1 Å². The summed E-state index contributed by atoms with van der Waals surface area (Å²) >= 11 is -0.00400. The van der Waals surface area contributed by atoms with Gasteiger partial charge in [-0.1, -0.05) is 0 Å². The number of halogens is 3. The van der Waals surface area contributed by atoms with Crippen molar-refractivity contribution in [1.82, 2.24) is 15.1 Å². The van der Waals surface area contributed by atoms with Crippen molar-refractivity contribution in [2.75, 3.05) is 5.75 Å². The average Bonchev–Trinajstić information content (AvgIpc) is 2.95. The van der Waals surface area contributed by atoms with E-state index in [0.717, 1.165) is 5.69 Å². The van der Waals surface area contributed by atoms with Crippen LogP contribution in [0.5, 0.6) is 0 Å². The molecular formula is C10H14F3N3S. The van der Waals surface area contributed by atoms with Crippen molar-refractivity contribution in [3.63, 3.8) is 0 Å². The second-order valence-electron chi connectivity index (χ2n) is 4.00. The number of aryl methyl sites for hydroxylation is 1. The number of nitrogens with zero attached hydrogens (tertiary/aromatic N) is 2. The van der Waals surface area contributed by atoms with Gasteiger partial charge in [-0.3, -0.25) is 4.68 Å². The summed E-state index contributed by atoms with van der Waals surface area (Å²) in [6.07, 6.45) is 4.01. The molecule has 2 rings (SSSR count). The van der Waals surface area contributed by atoms with Crippen molar-refractivity contribution in [2.45, 2.75) is 37.5 Å². The van der Waals surface area contributed by atoms with Gasteiger partial charge in [-0.05, 0) is 30.7 Å². The summed E-state index contributed by atoms with van der Waals surface area (Å²) in [6, 6.07) is 2.43. The van der Waals surface area contributed by atoms with Gasteiger partial charge in [0.05, 0.1) is 12.2 Å². The fraction of sp³-hybridized carbons (Fsp3) is 0.700. The van der Waals surface area contributed by atoms with Gasteiger partial charge in [0, 0.05) is 24.5 Å². The predicted octanol–water partition coefficient (Wildman–Crippen LogP) is 2.39. The van der Waals surface area contributed by atoms with E-state index in [-0.39, 0.29) is 17.5 Å². The third-order valence-electron chi connectivity index (χ3n) is 2.52. The Balaban J connectivity index is 1.76. The van der Waals surface area contributed by atoms with Gasteiger partial charge in [-0.25, -0.2) is 0 Å². The molecule has 1 N–H and O–H groups in total. The van der Waals surface area contributed by atoms with Gasteiger partial charge in [0.1, 0.15) is 0 Å². The summed E-state index contributed by atoms with van der Waals surface area (Å²) in [5, 5.41) is 7.35. The molecule has 0 bridgehead atoms. The van der Waals surface area contributed by atoms with Gasteiger partial charge >= 0.3 is 5.51 Å². The molecule has 1 aromatic rings. The smallest absolute Gasteiger partial charge is 0.308 e. The van der Waals surface area contributed by atoms with Crippen LogP contribution in [0, 0.1) is 0 Å². The lowest BCUT2D eigenvalue weighted by Crippen LogP contribution is -2.19. The van der Waals surface area contributed by atoms with Crippen LogP contribution in [0.15, 0.2) is 12.3 Å². The monoisotopic (exact) mass is 265 g/mol. The minimum atomic E-state index is -4.15. The van der Waals surface area contributed by atoms with E-state index < -0.39 is 5.51 Å². The zero-order chi connectivity index (χ0) is 12.3. The highest BCUT2D eigenvalue weighted by atomic mass is 32.2. The third kappa shape index (κ3) is 4.59. The maximum Gasteiger partial charge on any atom is 0.441 e. The highest BCUT2D eigenvalue weighted by Crippen LogP contribution is 2.30. The molecule has 3 nitrogen and oxygen atoms in total. The molecule has 1 aliphatic carbocycles. The minimum absolute atomic E-state index is 0.00160. The highest BCUT2D eigenvalue weighted by Gasteiger charge is 2.27. The standard InChI is InChI=1S/C10H14F3N3S/c11-10(12,13)17-6-5-16-9(3-4-15-16)7-14-8-1-2-8/h3-4,8,14H,1-2,5-7H2. The van der Waals surface area contributed by atoms with Crippen LogP contribution in [0.4, 0.5) is 13.2 Å². The molecule has 96 valence electrons. The lowest BCUT2D eigenvalue weighted by molar-refractivity contribution is -0.0328. The number of hydrogen-bond acceptors (Lipinski definition) is 3. The molecule has 0 unspecified atom stereocenters. The van der Waals surface area contributed by atoms with Crippen LogP contribution in [0.1, 0.15) is 18.5 Å². The quantitative estimate of drug-likeness (QED) is 0.856. The van der Waals surface area contributed by atoms with Crippen molar-refractivity contribution in [2.24, 2.45) is 0 Å². The summed E-state index contributed by atoms with van der Waals surface area (Å²) in [6.45, 7) is 0.972. The first kappa shape index (κ1) is 12.8. The third-order valence-corrected chi connectivity index (χ3v) is 3.24. The molecule has 1 aromatic heterocycles. The van der Waals surface area contributed by atoms with Crippen LogP contribution in [-0.2, 0) is 13.1 Å². The normalized spacial score (nSPS) is 16.4. The fourth-order valence-corrected chi connectivity index (χ4v) is 1.99. The molecular weight excluding hydrogens is 251 g/mol. The van der Waals surface area contributed by atoms with Crippen LogP contribution in [0.3, 0.4) is 0 Å². The first-order chi connectivity index (χ1) is 8.04. The van der Waals surface area contributed by atoms with Crippen molar-refractivity contribution in [1.29, 1.82) is 0 Å². The van der Waals surface area contributed by atoms with Gasteiger partial charge < -0.3 is 5.32 Å². The number of thioether (sulfide) groups is 1. The zero-order valence-electron chi connectivity index (χ0n) is 9.20. The van der Waals surface area contributed by atoms with Crippen molar-refractivity contribution < 1.29 is 13.2 Å². The summed E-state index contributed by atoms with van der Waals surface area (Å²) in [5.41, 5.74) is -3.21. The molecule has 0 atom stereocenters. The van der Waals surface area contributed by atoms with E-state index in [9.17, 15) is 13.2 Å². The molecule has 0 amide bonds. The van der Waals surface area contributed by atoms with E-state index in [1.807, 2.05) is 6.07 Å². The van der Waals surface area contributed by atoms with Gasteiger partial charge in [0.25, 0.3) is 0 Å². The number of hydrogen-bond donors (Lipinski definition) is 1. The van der Waals surface area contributed by atoms with E-state index in [2.05, 4.69) is 10.4 Å². The van der Waals surface area contributed by atoms with E-state index in [1.54, 1.807) is 10.9 Å². The van der Waals surface area contributed by atoms with Crippen LogP contribution >= 0.6 is 11.8 Å². The van der Waals surface area contributed by atoms with Gasteiger partial charge in [-0.2, -0.15) is 18.3 Å². The number of rotatable bonds is 6. The summed E-state index contributed by atoms with van der Waals surface area (Å²) in [7, 11) is 0. The van der Waals surface area contributed by atoms with E-state index in [4.69, 9.17) is 0 Å². The van der Waals surface area contributed by atoms with Crippen molar-refractivity contribution >= 4 is 11.8 Å². The molecule has 0 spiro atoms. The van der Waals surface area contributed by atoms with Crippen molar-refractivity contribution in [3.05, 3.63) is 18.0 Å². The first-order valence-corrected chi connectivity index (χ1v) is 6.48. The summed E-state index contributed by atoms with van der Waals surface area (Å²) in [5.74, 6) is 0.00160. The predicted molar refractivity (Wildman–Crippen MR) is 60.6 cm³/mol. The van der Waals surface area contributed by atoms with Crippen LogP contribution < -0.4 is 5.32 Å². The molecule has 1 heterocycles. The molecule has 17 heavy (non-hydrogen) atoms. The van der Waals surface area contributed by atoms with E-state index >= 15 is 0 Å². The number of alkyl halides is 3. The van der Waals surface area contributed by atoms with Crippen LogP contribution in [0.25, 0.3) is 0 Å². The van der Waals surface area contributed by atoms with Gasteiger partial charge in [0.15, 0.2) is 0 Å². The van der Waals surface area contributed by atoms with Crippen molar-refractivity contribution in [3.8, 4) is 0 Å². The van der Waals surface area contributed by atoms with Crippen LogP contribution in [0.2, 0.25) is 0 Å². The Morgan fingerprint density at radius 1 is 1.47 bits per heavy atom. The molecule has 0 aromatic carbocycles. The largest absolute Gasteiger partial charge is 0.441 e. The highest BCUT2D eigenvalue weighted by molar-refractivity contribution is 8.00. The topological polar surface area (TPSA) is 29.9 Å². The Labute approximate surface area is 102 Å². The molecule has 1 aliphatic rings. The molecule has 0 radical (unpaired) electrons. The SMILES string of the molecule is FC(F)(F)SCCn1nccc1CNC1CC1. The lowest BCUT2D eigenvalue weighted by Gasteiger charge is -2.09. The van der Waals surface area contributed by atoms with E-state index in [0.29, 0.717) is 19.1 Å². The lowest BCUT2D eigenvalue weighted by atomic mass is 10.4. The Bertz CT molecular complexity index is 360. The Morgan fingerprint density at radius 3 is 2.88 bits per heavy atom. The van der Waals surface area contributed by atoms with Gasteiger partial charge in [-0.15, -0.1) is 0 Å². The summed E-state index contributed by atoms with van der Waals surface area (Å²) in [4.78, 5) is 0. The minimum Gasteiger partial charge on any atom is -0.308 e. The molecule has 1 saturated carbocycles. The number of aromatic nitrogens is 2. The molecule has 0 aliphatic heterocycles. The molecule has 7 heteroatoms. The first-order valence-electron chi connectivity index (χ1n) is 5.49. The maximum absolute atomic E-state index is 12.0. The Kier molecular flexibility index (Phi) is 3.98. The Morgan fingerprint density at radius 2 is 2.24 bits per heavy atom.